The molecule has 1 aliphatic heterocycles. The summed E-state index contributed by atoms with van der Waals surface area (Å²) in [4.78, 5) is 4.70. The van der Waals surface area contributed by atoms with Crippen LogP contribution in [-0.2, 0) is 10.0 Å². The maximum absolute atomic E-state index is 12.6. The molecule has 0 spiro atoms. The van der Waals surface area contributed by atoms with Gasteiger partial charge in [-0.05, 0) is 24.3 Å². The first-order chi connectivity index (χ1) is 14.5. The number of benzene rings is 2. The fourth-order valence-corrected chi connectivity index (χ4v) is 4.54. The highest BCUT2D eigenvalue weighted by molar-refractivity contribution is 7.89. The van der Waals surface area contributed by atoms with Gasteiger partial charge in [0.2, 0.25) is 10.0 Å². The van der Waals surface area contributed by atoms with Gasteiger partial charge in [0.25, 0.3) is 0 Å². The molecule has 0 saturated carbocycles. The molecular formula is C21H29N3O5S. The van der Waals surface area contributed by atoms with Crippen LogP contribution in [0.3, 0.4) is 0 Å². The minimum atomic E-state index is -3.62. The zero-order valence-corrected chi connectivity index (χ0v) is 18.4. The van der Waals surface area contributed by atoms with Gasteiger partial charge in [0, 0.05) is 45.3 Å². The number of rotatable bonds is 9. The molecular weight excluding hydrogens is 406 g/mol. The number of nitrogens with zero attached hydrogens (tertiary/aromatic N) is 2. The van der Waals surface area contributed by atoms with Gasteiger partial charge in [-0.3, -0.25) is 4.90 Å². The lowest BCUT2D eigenvalue weighted by atomic mass is 10.2. The van der Waals surface area contributed by atoms with E-state index in [0.717, 1.165) is 37.6 Å². The predicted octanol–water partition coefficient (Wildman–Crippen LogP) is 1.81. The van der Waals surface area contributed by atoms with Crippen molar-refractivity contribution in [3.63, 3.8) is 0 Å². The Morgan fingerprint density at radius 1 is 0.867 bits per heavy atom. The Balaban J connectivity index is 1.51. The van der Waals surface area contributed by atoms with Gasteiger partial charge in [0.15, 0.2) is 11.5 Å². The lowest BCUT2D eigenvalue weighted by Crippen LogP contribution is -2.48. The summed E-state index contributed by atoms with van der Waals surface area (Å²) >= 11 is 0. The minimum Gasteiger partial charge on any atom is -0.495 e. The maximum Gasteiger partial charge on any atom is 0.240 e. The van der Waals surface area contributed by atoms with Crippen LogP contribution in [0, 0.1) is 0 Å². The molecule has 9 heteroatoms. The molecule has 2 aromatic rings. The quantitative estimate of drug-likeness (QED) is 0.643. The van der Waals surface area contributed by atoms with E-state index in [0.29, 0.717) is 24.6 Å². The molecule has 30 heavy (non-hydrogen) atoms. The molecule has 1 N–H and O–H groups in total. The van der Waals surface area contributed by atoms with Crippen molar-refractivity contribution in [1.29, 1.82) is 0 Å². The van der Waals surface area contributed by atoms with Crippen molar-refractivity contribution >= 4 is 15.7 Å². The Morgan fingerprint density at radius 2 is 1.53 bits per heavy atom. The van der Waals surface area contributed by atoms with E-state index < -0.39 is 10.0 Å². The van der Waals surface area contributed by atoms with Gasteiger partial charge >= 0.3 is 0 Å². The fourth-order valence-electron chi connectivity index (χ4n) is 3.51. The zero-order chi connectivity index (χ0) is 21.6. The number of nitrogens with one attached hydrogen (secondary N) is 1. The molecule has 8 nitrogen and oxygen atoms in total. The summed E-state index contributed by atoms with van der Waals surface area (Å²) in [5.41, 5.74) is 1.09. The van der Waals surface area contributed by atoms with E-state index in [-0.39, 0.29) is 4.90 Å². The number of anilines is 1. The second-order valence-corrected chi connectivity index (χ2v) is 8.68. The van der Waals surface area contributed by atoms with Crippen LogP contribution < -0.4 is 23.8 Å². The van der Waals surface area contributed by atoms with Crippen molar-refractivity contribution in [3.05, 3.63) is 42.5 Å². The van der Waals surface area contributed by atoms with Gasteiger partial charge in [-0.15, -0.1) is 0 Å². The average molecular weight is 436 g/mol. The standard InChI is InChI=1S/C21H29N3O5S/c1-27-19-7-5-4-6-18(19)24-14-12-23(13-15-24)11-10-22-30(25,26)17-8-9-20(28-2)21(16-17)29-3/h4-9,16,22H,10-15H2,1-3H3. The fraction of sp³-hybridized carbons (Fsp3) is 0.429. The first kappa shape index (κ1) is 22.2. The monoisotopic (exact) mass is 435 g/mol. The highest BCUT2D eigenvalue weighted by Gasteiger charge is 2.21. The van der Waals surface area contributed by atoms with Gasteiger partial charge < -0.3 is 19.1 Å². The van der Waals surface area contributed by atoms with Crippen LogP contribution in [0.5, 0.6) is 17.2 Å². The van der Waals surface area contributed by atoms with E-state index >= 15 is 0 Å². The molecule has 1 fully saturated rings. The third kappa shape index (κ3) is 5.16. The molecule has 1 heterocycles. The van der Waals surface area contributed by atoms with Gasteiger partial charge in [0.1, 0.15) is 5.75 Å². The minimum absolute atomic E-state index is 0.154. The molecule has 0 aromatic heterocycles. The summed E-state index contributed by atoms with van der Waals surface area (Å²) in [5, 5.41) is 0. The van der Waals surface area contributed by atoms with E-state index in [9.17, 15) is 8.42 Å². The number of methoxy groups -OCH3 is 3. The lowest BCUT2D eigenvalue weighted by molar-refractivity contribution is 0.261. The Morgan fingerprint density at radius 3 is 2.20 bits per heavy atom. The lowest BCUT2D eigenvalue weighted by Gasteiger charge is -2.36. The van der Waals surface area contributed by atoms with Crippen molar-refractivity contribution in [1.82, 2.24) is 9.62 Å². The first-order valence-corrected chi connectivity index (χ1v) is 11.3. The topological polar surface area (TPSA) is 80.3 Å². The van der Waals surface area contributed by atoms with Crippen LogP contribution in [0.15, 0.2) is 47.4 Å². The Bertz CT molecular complexity index is 943. The third-order valence-electron chi connectivity index (χ3n) is 5.18. The number of para-hydroxylation sites is 2. The van der Waals surface area contributed by atoms with Crippen molar-refractivity contribution in [2.75, 3.05) is 65.5 Å². The number of ether oxygens (including phenoxy) is 3. The summed E-state index contributed by atoms with van der Waals surface area (Å²) in [7, 11) is 1.05. The smallest absolute Gasteiger partial charge is 0.240 e. The predicted molar refractivity (Wildman–Crippen MR) is 116 cm³/mol. The van der Waals surface area contributed by atoms with Crippen LogP contribution in [0.4, 0.5) is 5.69 Å². The highest BCUT2D eigenvalue weighted by Crippen LogP contribution is 2.30. The Labute approximate surface area is 178 Å². The van der Waals surface area contributed by atoms with Crippen molar-refractivity contribution in [2.45, 2.75) is 4.90 Å². The molecule has 164 valence electrons. The third-order valence-corrected chi connectivity index (χ3v) is 6.64. The molecule has 0 radical (unpaired) electrons. The van der Waals surface area contributed by atoms with E-state index in [1.54, 1.807) is 13.2 Å². The summed E-state index contributed by atoms with van der Waals surface area (Å²) < 4.78 is 43.7. The summed E-state index contributed by atoms with van der Waals surface area (Å²) in [6, 6.07) is 12.6. The molecule has 0 atom stereocenters. The van der Waals surface area contributed by atoms with E-state index in [1.807, 2.05) is 18.2 Å². The first-order valence-electron chi connectivity index (χ1n) is 9.80. The SMILES string of the molecule is COc1ccc(S(=O)(=O)NCCN2CCN(c3ccccc3OC)CC2)cc1OC. The second-order valence-electron chi connectivity index (χ2n) is 6.92. The van der Waals surface area contributed by atoms with Crippen LogP contribution in [-0.4, -0.2) is 73.9 Å². The maximum atomic E-state index is 12.6. The van der Waals surface area contributed by atoms with Crippen LogP contribution in [0.25, 0.3) is 0 Å². The molecule has 0 aliphatic carbocycles. The van der Waals surface area contributed by atoms with Crippen molar-refractivity contribution in [2.24, 2.45) is 0 Å². The molecule has 0 unspecified atom stereocenters. The van der Waals surface area contributed by atoms with E-state index in [4.69, 9.17) is 14.2 Å². The number of sulfonamides is 1. The molecule has 0 bridgehead atoms. The Hall–Kier alpha value is -2.49. The van der Waals surface area contributed by atoms with Crippen molar-refractivity contribution < 1.29 is 22.6 Å². The summed E-state index contributed by atoms with van der Waals surface area (Å²) in [6.07, 6.45) is 0. The second kappa shape index (κ2) is 10.0. The average Bonchev–Trinajstić information content (AvgIpc) is 2.78. The van der Waals surface area contributed by atoms with Gasteiger partial charge in [-0.2, -0.15) is 0 Å². The molecule has 1 saturated heterocycles. The van der Waals surface area contributed by atoms with Crippen LogP contribution in [0.2, 0.25) is 0 Å². The van der Waals surface area contributed by atoms with Gasteiger partial charge in [-0.1, -0.05) is 12.1 Å². The van der Waals surface area contributed by atoms with Crippen LogP contribution in [0.1, 0.15) is 0 Å². The molecule has 1 aliphatic rings. The molecule has 3 rings (SSSR count). The highest BCUT2D eigenvalue weighted by atomic mass is 32.2. The number of piperazine rings is 1. The Kier molecular flexibility index (Phi) is 7.41. The largest absolute Gasteiger partial charge is 0.495 e. The molecule has 0 amide bonds. The summed E-state index contributed by atoms with van der Waals surface area (Å²) in [5.74, 6) is 1.74. The number of hydrogen-bond donors (Lipinski definition) is 1. The van der Waals surface area contributed by atoms with Crippen molar-refractivity contribution in [3.8, 4) is 17.2 Å². The number of hydrogen-bond acceptors (Lipinski definition) is 7. The molecule has 2 aromatic carbocycles. The summed E-state index contributed by atoms with van der Waals surface area (Å²) in [6.45, 7) is 4.43. The zero-order valence-electron chi connectivity index (χ0n) is 17.6. The van der Waals surface area contributed by atoms with Gasteiger partial charge in [-0.25, -0.2) is 13.1 Å². The van der Waals surface area contributed by atoms with E-state index in [1.165, 1.54) is 26.4 Å². The van der Waals surface area contributed by atoms with Gasteiger partial charge in [0.05, 0.1) is 31.9 Å². The van der Waals surface area contributed by atoms with Crippen LogP contribution >= 0.6 is 0 Å². The normalized spacial score (nSPS) is 15.1. The van der Waals surface area contributed by atoms with E-state index in [2.05, 4.69) is 20.6 Å².